The molecule has 0 spiro atoms. The maximum atomic E-state index is 15.2. The summed E-state index contributed by atoms with van der Waals surface area (Å²) in [6.07, 6.45) is 1.05. The van der Waals surface area contributed by atoms with Crippen LogP contribution in [0.2, 0.25) is 0 Å². The van der Waals surface area contributed by atoms with Gasteiger partial charge in [0.15, 0.2) is 0 Å². The third kappa shape index (κ3) is 4.40. The lowest BCUT2D eigenvalue weighted by molar-refractivity contribution is -0.120. The zero-order valence-corrected chi connectivity index (χ0v) is 19.1. The molecule has 2 aromatic rings. The average Bonchev–Trinajstić information content (AvgIpc) is 2.73. The smallest absolute Gasteiger partial charge is 0.231 e. The topological polar surface area (TPSA) is 102 Å². The Labute approximate surface area is 192 Å². The van der Waals surface area contributed by atoms with Crippen molar-refractivity contribution in [3.63, 3.8) is 0 Å². The van der Waals surface area contributed by atoms with Crippen molar-refractivity contribution in [2.75, 3.05) is 25.5 Å². The van der Waals surface area contributed by atoms with Crippen molar-refractivity contribution in [2.45, 2.75) is 37.4 Å². The van der Waals surface area contributed by atoms with Gasteiger partial charge in [0.2, 0.25) is 15.9 Å². The number of hydrogen-bond donors (Lipinski definition) is 2. The van der Waals surface area contributed by atoms with Crippen molar-refractivity contribution in [2.24, 2.45) is 5.73 Å². The van der Waals surface area contributed by atoms with Crippen LogP contribution in [0, 0.1) is 11.6 Å². The van der Waals surface area contributed by atoms with E-state index in [-0.39, 0.29) is 43.2 Å². The van der Waals surface area contributed by atoms with Gasteiger partial charge >= 0.3 is 0 Å². The van der Waals surface area contributed by atoms with Gasteiger partial charge in [0.05, 0.1) is 36.6 Å². The second kappa shape index (κ2) is 8.75. The highest BCUT2D eigenvalue weighted by molar-refractivity contribution is 7.89. The Hall–Kier alpha value is -2.40. The summed E-state index contributed by atoms with van der Waals surface area (Å²) in [6.45, 7) is 1.42. The number of nitrogens with one attached hydrogen (secondary N) is 1. The number of rotatable bonds is 7. The Kier molecular flexibility index (Phi) is 6.30. The van der Waals surface area contributed by atoms with Crippen molar-refractivity contribution in [1.82, 2.24) is 9.62 Å². The van der Waals surface area contributed by atoms with Gasteiger partial charge in [0.25, 0.3) is 0 Å². The Morgan fingerprint density at radius 1 is 1.18 bits per heavy atom. The van der Waals surface area contributed by atoms with Crippen LogP contribution >= 0.6 is 0 Å². The number of sulfonamides is 1. The van der Waals surface area contributed by atoms with Gasteiger partial charge in [-0.05, 0) is 37.5 Å². The molecule has 0 unspecified atom stereocenters. The molecule has 2 heterocycles. The lowest BCUT2D eigenvalue weighted by Crippen LogP contribution is -2.59. The van der Waals surface area contributed by atoms with E-state index >= 15 is 8.78 Å². The molecule has 0 aromatic heterocycles. The molecule has 2 aliphatic heterocycles. The van der Waals surface area contributed by atoms with Crippen LogP contribution in [0.1, 0.15) is 36.5 Å². The Morgan fingerprint density at radius 2 is 1.88 bits per heavy atom. The summed E-state index contributed by atoms with van der Waals surface area (Å²) in [6, 6.07) is 11.3. The normalized spacial score (nSPS) is 24.2. The van der Waals surface area contributed by atoms with E-state index < -0.39 is 38.6 Å². The predicted molar refractivity (Wildman–Crippen MR) is 118 cm³/mol. The van der Waals surface area contributed by atoms with E-state index in [2.05, 4.69) is 5.32 Å². The predicted octanol–water partition coefficient (Wildman–Crippen LogP) is 2.11. The van der Waals surface area contributed by atoms with E-state index in [0.29, 0.717) is 12.8 Å². The highest BCUT2D eigenvalue weighted by Gasteiger charge is 2.46. The minimum Gasteiger partial charge on any atom is -0.377 e. The summed E-state index contributed by atoms with van der Waals surface area (Å²) in [5.74, 6) is -2.11. The van der Waals surface area contributed by atoms with Gasteiger partial charge in [-0.2, -0.15) is 4.31 Å². The summed E-state index contributed by atoms with van der Waals surface area (Å²) >= 11 is 0. The maximum Gasteiger partial charge on any atom is 0.231 e. The van der Waals surface area contributed by atoms with Crippen LogP contribution in [0.4, 0.5) is 8.78 Å². The first kappa shape index (κ1) is 23.7. The standard InChI is InChI=1S/C23H27F2N3O4S/c1-22(17-6-3-2-4-7-17)8-5-9-33(30,31)28(22)13-16-10-20(25)18(11-19(16)24)23(14-32-15-23)27-12-21(26)29/h2-4,6-7,10-11,27H,5,8-9,12-15H2,1H3,(H2,26,29)/t22-/m0/s1. The van der Waals surface area contributed by atoms with Crippen LogP contribution in [0.25, 0.3) is 0 Å². The minimum absolute atomic E-state index is 0.0172. The Morgan fingerprint density at radius 3 is 2.48 bits per heavy atom. The van der Waals surface area contributed by atoms with Gasteiger partial charge in [-0.3, -0.25) is 10.1 Å². The SMILES string of the molecule is C[C@@]1(c2ccccc2)CCCS(=O)(=O)N1Cc1cc(F)c(C2(NCC(N)=O)COC2)cc1F. The van der Waals surface area contributed by atoms with Crippen molar-refractivity contribution in [3.05, 3.63) is 70.8 Å². The molecule has 0 bridgehead atoms. The van der Waals surface area contributed by atoms with Crippen molar-refractivity contribution >= 4 is 15.9 Å². The van der Waals surface area contributed by atoms with E-state index in [9.17, 15) is 13.2 Å². The number of benzene rings is 2. The number of primary amides is 1. The van der Waals surface area contributed by atoms with E-state index in [1.807, 2.05) is 37.3 Å². The summed E-state index contributed by atoms with van der Waals surface area (Å²) in [4.78, 5) is 11.2. The third-order valence-corrected chi connectivity index (χ3v) is 8.62. The molecule has 33 heavy (non-hydrogen) atoms. The Balaban J connectivity index is 1.69. The van der Waals surface area contributed by atoms with Crippen molar-refractivity contribution < 1.29 is 26.7 Å². The fraction of sp³-hybridized carbons (Fsp3) is 0.435. The largest absolute Gasteiger partial charge is 0.377 e. The van der Waals surface area contributed by atoms with Gasteiger partial charge in [-0.25, -0.2) is 17.2 Å². The van der Waals surface area contributed by atoms with E-state index in [4.69, 9.17) is 10.5 Å². The first-order valence-corrected chi connectivity index (χ1v) is 12.3. The number of hydrogen-bond acceptors (Lipinski definition) is 5. The minimum atomic E-state index is -3.70. The van der Waals surface area contributed by atoms with Gasteiger partial charge < -0.3 is 10.5 Å². The van der Waals surface area contributed by atoms with Crippen LogP contribution in [-0.4, -0.2) is 44.1 Å². The zero-order valence-electron chi connectivity index (χ0n) is 18.3. The number of ether oxygens (including phenoxy) is 1. The average molecular weight is 480 g/mol. The molecular formula is C23H27F2N3O4S. The number of carbonyl (C=O) groups excluding carboxylic acids is 1. The quantitative estimate of drug-likeness (QED) is 0.634. The van der Waals surface area contributed by atoms with Gasteiger partial charge in [-0.1, -0.05) is 30.3 Å². The number of halogens is 2. The molecule has 4 rings (SSSR count). The fourth-order valence-corrected chi connectivity index (χ4v) is 6.52. The molecular weight excluding hydrogens is 452 g/mol. The summed E-state index contributed by atoms with van der Waals surface area (Å²) < 4.78 is 63.0. The summed E-state index contributed by atoms with van der Waals surface area (Å²) in [5.41, 5.74) is 3.99. The second-order valence-electron chi connectivity index (χ2n) is 8.88. The van der Waals surface area contributed by atoms with Crippen molar-refractivity contribution in [3.8, 4) is 0 Å². The van der Waals surface area contributed by atoms with Crippen LogP contribution in [0.3, 0.4) is 0 Å². The lowest BCUT2D eigenvalue weighted by Gasteiger charge is -2.44. The maximum absolute atomic E-state index is 15.2. The molecule has 2 aromatic carbocycles. The third-order valence-electron chi connectivity index (χ3n) is 6.61. The molecule has 1 atom stereocenters. The van der Waals surface area contributed by atoms with Crippen molar-refractivity contribution in [1.29, 1.82) is 0 Å². The molecule has 3 N–H and O–H groups in total. The number of nitrogens with two attached hydrogens (primary N) is 1. The number of amides is 1. The summed E-state index contributed by atoms with van der Waals surface area (Å²) in [5, 5.41) is 2.85. The lowest BCUT2D eigenvalue weighted by atomic mass is 9.85. The molecule has 0 radical (unpaired) electrons. The fourth-order valence-electron chi connectivity index (χ4n) is 4.64. The molecule has 7 nitrogen and oxygen atoms in total. The molecule has 178 valence electrons. The molecule has 2 saturated heterocycles. The molecule has 0 aliphatic carbocycles. The molecule has 10 heteroatoms. The molecule has 1 amide bonds. The van der Waals surface area contributed by atoms with E-state index in [0.717, 1.165) is 17.7 Å². The van der Waals surface area contributed by atoms with Crippen LogP contribution in [0.15, 0.2) is 42.5 Å². The van der Waals surface area contributed by atoms with Gasteiger partial charge in [0, 0.05) is 17.7 Å². The molecule has 2 aliphatic rings. The van der Waals surface area contributed by atoms with E-state index in [1.54, 1.807) is 0 Å². The number of carbonyl (C=O) groups is 1. The monoisotopic (exact) mass is 479 g/mol. The van der Waals surface area contributed by atoms with Crippen LogP contribution < -0.4 is 11.1 Å². The van der Waals surface area contributed by atoms with Gasteiger partial charge in [-0.15, -0.1) is 0 Å². The number of nitrogens with zero attached hydrogens (tertiary/aromatic N) is 1. The van der Waals surface area contributed by atoms with Gasteiger partial charge in [0.1, 0.15) is 11.6 Å². The second-order valence-corrected chi connectivity index (χ2v) is 10.9. The van der Waals surface area contributed by atoms with Crippen LogP contribution in [0.5, 0.6) is 0 Å². The van der Waals surface area contributed by atoms with Crippen LogP contribution in [-0.2, 0) is 37.2 Å². The first-order chi connectivity index (χ1) is 15.6. The highest BCUT2D eigenvalue weighted by Crippen LogP contribution is 2.41. The molecule has 2 fully saturated rings. The molecule has 0 saturated carbocycles. The summed E-state index contributed by atoms with van der Waals surface area (Å²) in [7, 11) is -3.70. The van der Waals surface area contributed by atoms with E-state index in [1.165, 1.54) is 4.31 Å². The first-order valence-electron chi connectivity index (χ1n) is 10.7. The zero-order chi connectivity index (χ0) is 23.9. The highest BCUT2D eigenvalue weighted by atomic mass is 32.2. The Bertz CT molecular complexity index is 1160.